The standard InChI is InChI=1S/C20H25N3O3/c1-15-7-3-4-9-17(15)26-14-20(25-2)10-6-12-23(13-20)19(24)16-8-5-11-22-18(16)21/h3-5,7-9,11H,6,10,12-14H2,1-2H3,(H2,21,22)/t20-/m0/s1. The molecule has 1 fully saturated rings. The number of benzene rings is 1. The molecule has 1 amide bonds. The highest BCUT2D eigenvalue weighted by Gasteiger charge is 2.39. The Kier molecular flexibility index (Phi) is 5.42. The second-order valence-corrected chi connectivity index (χ2v) is 6.71. The Morgan fingerprint density at radius 3 is 2.85 bits per heavy atom. The molecule has 1 saturated heterocycles. The molecule has 3 rings (SSSR count). The number of anilines is 1. The molecule has 1 aromatic carbocycles. The van der Waals surface area contributed by atoms with Crippen LogP contribution in [0.3, 0.4) is 0 Å². The summed E-state index contributed by atoms with van der Waals surface area (Å²) >= 11 is 0. The largest absolute Gasteiger partial charge is 0.490 e. The minimum Gasteiger partial charge on any atom is -0.490 e. The van der Waals surface area contributed by atoms with Gasteiger partial charge in [0.05, 0.1) is 12.1 Å². The zero-order valence-corrected chi connectivity index (χ0v) is 15.3. The van der Waals surface area contributed by atoms with E-state index in [2.05, 4.69) is 4.98 Å². The molecule has 6 heteroatoms. The number of hydrogen-bond donors (Lipinski definition) is 1. The summed E-state index contributed by atoms with van der Waals surface area (Å²) in [7, 11) is 1.67. The van der Waals surface area contributed by atoms with Crippen molar-refractivity contribution in [3.63, 3.8) is 0 Å². The molecule has 26 heavy (non-hydrogen) atoms. The van der Waals surface area contributed by atoms with Gasteiger partial charge in [0, 0.05) is 19.9 Å². The maximum Gasteiger partial charge on any atom is 0.257 e. The number of nitrogen functional groups attached to an aromatic ring is 1. The van der Waals surface area contributed by atoms with Gasteiger partial charge in [-0.15, -0.1) is 0 Å². The molecule has 0 aliphatic carbocycles. The molecule has 2 heterocycles. The Morgan fingerprint density at radius 1 is 1.31 bits per heavy atom. The summed E-state index contributed by atoms with van der Waals surface area (Å²) in [6.45, 7) is 3.53. The molecule has 6 nitrogen and oxygen atoms in total. The third-order valence-electron chi connectivity index (χ3n) is 4.91. The minimum absolute atomic E-state index is 0.118. The predicted octanol–water partition coefficient (Wildman–Crippen LogP) is 2.67. The van der Waals surface area contributed by atoms with Gasteiger partial charge in [0.25, 0.3) is 5.91 Å². The van der Waals surface area contributed by atoms with Crippen LogP contribution in [-0.4, -0.2) is 48.2 Å². The third-order valence-corrected chi connectivity index (χ3v) is 4.91. The van der Waals surface area contributed by atoms with E-state index < -0.39 is 5.60 Å². The Bertz CT molecular complexity index is 780. The molecular formula is C20H25N3O3. The monoisotopic (exact) mass is 355 g/mol. The second-order valence-electron chi connectivity index (χ2n) is 6.71. The van der Waals surface area contributed by atoms with Crippen LogP contribution >= 0.6 is 0 Å². The number of piperidine rings is 1. The molecule has 1 aromatic heterocycles. The first kappa shape index (κ1) is 18.2. The summed E-state index contributed by atoms with van der Waals surface area (Å²) in [6.07, 6.45) is 3.26. The summed E-state index contributed by atoms with van der Waals surface area (Å²) in [6, 6.07) is 11.3. The number of carbonyl (C=O) groups excluding carboxylic acids is 1. The number of rotatable bonds is 5. The Hall–Kier alpha value is -2.60. The lowest BCUT2D eigenvalue weighted by Gasteiger charge is -2.41. The van der Waals surface area contributed by atoms with Gasteiger partial charge >= 0.3 is 0 Å². The van der Waals surface area contributed by atoms with Crippen molar-refractivity contribution in [2.24, 2.45) is 0 Å². The molecule has 1 atom stereocenters. The van der Waals surface area contributed by atoms with E-state index in [1.54, 1.807) is 30.3 Å². The zero-order valence-electron chi connectivity index (χ0n) is 15.3. The first-order chi connectivity index (χ1) is 12.5. The van der Waals surface area contributed by atoms with Crippen molar-refractivity contribution in [1.29, 1.82) is 0 Å². The van der Waals surface area contributed by atoms with Crippen molar-refractivity contribution < 1.29 is 14.3 Å². The highest BCUT2D eigenvalue weighted by molar-refractivity contribution is 5.98. The number of carbonyl (C=O) groups is 1. The van der Waals surface area contributed by atoms with Crippen molar-refractivity contribution >= 4 is 11.7 Å². The fraction of sp³-hybridized carbons (Fsp3) is 0.400. The number of nitrogens with zero attached hydrogens (tertiary/aromatic N) is 2. The lowest BCUT2D eigenvalue weighted by molar-refractivity contribution is -0.0825. The van der Waals surface area contributed by atoms with Crippen LogP contribution in [0, 0.1) is 6.92 Å². The molecule has 2 N–H and O–H groups in total. The van der Waals surface area contributed by atoms with Crippen LogP contribution in [0.15, 0.2) is 42.6 Å². The van der Waals surface area contributed by atoms with E-state index in [1.165, 1.54) is 0 Å². The number of methoxy groups -OCH3 is 1. The molecule has 0 radical (unpaired) electrons. The third kappa shape index (κ3) is 3.80. The van der Waals surface area contributed by atoms with Crippen LogP contribution in [0.1, 0.15) is 28.8 Å². The van der Waals surface area contributed by atoms with Crippen LogP contribution in [-0.2, 0) is 4.74 Å². The normalized spacial score (nSPS) is 20.0. The van der Waals surface area contributed by atoms with Gasteiger partial charge in [0.15, 0.2) is 0 Å². The number of aryl methyl sites for hydroxylation is 1. The van der Waals surface area contributed by atoms with E-state index in [4.69, 9.17) is 15.2 Å². The SMILES string of the molecule is CO[C@@]1(COc2ccccc2C)CCCN(C(=O)c2cccnc2N)C1. The van der Waals surface area contributed by atoms with Gasteiger partial charge in [-0.05, 0) is 43.5 Å². The van der Waals surface area contributed by atoms with Gasteiger partial charge in [-0.25, -0.2) is 4.98 Å². The number of hydrogen-bond acceptors (Lipinski definition) is 5. The molecule has 1 aliphatic heterocycles. The second kappa shape index (κ2) is 7.74. The van der Waals surface area contributed by atoms with Crippen LogP contribution in [0.25, 0.3) is 0 Å². The van der Waals surface area contributed by atoms with E-state index in [-0.39, 0.29) is 11.7 Å². The lowest BCUT2D eigenvalue weighted by atomic mass is 9.92. The molecule has 0 saturated carbocycles. The zero-order chi connectivity index (χ0) is 18.6. The molecule has 2 aromatic rings. The van der Waals surface area contributed by atoms with Crippen LogP contribution in [0.5, 0.6) is 5.75 Å². The van der Waals surface area contributed by atoms with Gasteiger partial charge in [0.1, 0.15) is 23.8 Å². The van der Waals surface area contributed by atoms with Gasteiger partial charge in [-0.1, -0.05) is 18.2 Å². The van der Waals surface area contributed by atoms with Crippen LogP contribution < -0.4 is 10.5 Å². The van der Waals surface area contributed by atoms with Gasteiger partial charge < -0.3 is 20.1 Å². The lowest BCUT2D eigenvalue weighted by Crippen LogP contribution is -2.54. The van der Waals surface area contributed by atoms with Crippen molar-refractivity contribution in [2.45, 2.75) is 25.4 Å². The molecular weight excluding hydrogens is 330 g/mol. The van der Waals surface area contributed by atoms with Crippen molar-refractivity contribution in [3.8, 4) is 5.75 Å². The number of likely N-dealkylation sites (tertiary alicyclic amines) is 1. The average Bonchev–Trinajstić information content (AvgIpc) is 2.67. The van der Waals surface area contributed by atoms with E-state index in [0.29, 0.717) is 25.3 Å². The molecule has 138 valence electrons. The highest BCUT2D eigenvalue weighted by Crippen LogP contribution is 2.28. The maximum absolute atomic E-state index is 12.9. The van der Waals surface area contributed by atoms with E-state index in [9.17, 15) is 4.79 Å². The number of pyridine rings is 1. The van der Waals surface area contributed by atoms with Gasteiger partial charge in [0.2, 0.25) is 0 Å². The first-order valence-corrected chi connectivity index (χ1v) is 8.78. The van der Waals surface area contributed by atoms with Crippen molar-refractivity contribution in [3.05, 3.63) is 53.7 Å². The molecule has 1 aliphatic rings. The van der Waals surface area contributed by atoms with Gasteiger partial charge in [-0.3, -0.25) is 4.79 Å². The van der Waals surface area contributed by atoms with Gasteiger partial charge in [-0.2, -0.15) is 0 Å². The smallest absolute Gasteiger partial charge is 0.257 e. The Labute approximate surface area is 153 Å². The van der Waals surface area contributed by atoms with E-state index in [1.807, 2.05) is 31.2 Å². The predicted molar refractivity (Wildman–Crippen MR) is 100 cm³/mol. The number of para-hydroxylation sites is 1. The number of nitrogens with two attached hydrogens (primary N) is 1. The Balaban J connectivity index is 1.73. The summed E-state index contributed by atoms with van der Waals surface area (Å²) in [5.41, 5.74) is 6.83. The van der Waals surface area contributed by atoms with Crippen LogP contribution in [0.4, 0.5) is 5.82 Å². The number of aromatic nitrogens is 1. The number of amides is 1. The highest BCUT2D eigenvalue weighted by atomic mass is 16.5. The summed E-state index contributed by atoms with van der Waals surface area (Å²) in [5.74, 6) is 0.971. The van der Waals surface area contributed by atoms with E-state index in [0.717, 1.165) is 24.2 Å². The fourth-order valence-electron chi connectivity index (χ4n) is 3.31. The molecule has 0 bridgehead atoms. The summed E-state index contributed by atoms with van der Waals surface area (Å²) < 4.78 is 11.8. The maximum atomic E-state index is 12.9. The van der Waals surface area contributed by atoms with Crippen LogP contribution in [0.2, 0.25) is 0 Å². The minimum atomic E-state index is -0.535. The molecule has 0 unspecified atom stereocenters. The fourth-order valence-corrected chi connectivity index (χ4v) is 3.31. The Morgan fingerprint density at radius 2 is 2.12 bits per heavy atom. The topological polar surface area (TPSA) is 77.7 Å². The average molecular weight is 355 g/mol. The first-order valence-electron chi connectivity index (χ1n) is 8.78. The summed E-state index contributed by atoms with van der Waals surface area (Å²) in [4.78, 5) is 18.7. The van der Waals surface area contributed by atoms with Crippen molar-refractivity contribution in [1.82, 2.24) is 9.88 Å². The van der Waals surface area contributed by atoms with Crippen molar-refractivity contribution in [2.75, 3.05) is 32.5 Å². The molecule has 0 spiro atoms. The quantitative estimate of drug-likeness (QED) is 0.892. The number of ether oxygens (including phenoxy) is 2. The summed E-state index contributed by atoms with van der Waals surface area (Å²) in [5, 5.41) is 0. The van der Waals surface area contributed by atoms with E-state index >= 15 is 0 Å².